The summed E-state index contributed by atoms with van der Waals surface area (Å²) in [6, 6.07) is 14.1. The van der Waals surface area contributed by atoms with Gasteiger partial charge in [-0.3, -0.25) is 4.90 Å². The Labute approximate surface area is 185 Å². The minimum atomic E-state index is 0.161. The van der Waals surface area contributed by atoms with E-state index in [-0.39, 0.29) is 6.04 Å². The normalized spacial score (nSPS) is 20.5. The van der Waals surface area contributed by atoms with Gasteiger partial charge in [0.2, 0.25) is 0 Å². The molecule has 31 heavy (non-hydrogen) atoms. The lowest BCUT2D eigenvalue weighted by molar-refractivity contribution is 0.106. The Morgan fingerprint density at radius 2 is 1.94 bits per heavy atom. The average molecular weight is 416 g/mol. The van der Waals surface area contributed by atoms with Crippen LogP contribution in [0.3, 0.4) is 0 Å². The number of likely N-dealkylation sites (tertiary alicyclic amines) is 1. The molecular formula is C26H33N5. The minimum absolute atomic E-state index is 0.161. The summed E-state index contributed by atoms with van der Waals surface area (Å²) in [5.74, 6) is 0.865. The summed E-state index contributed by atoms with van der Waals surface area (Å²) < 4.78 is 0. The van der Waals surface area contributed by atoms with Crippen molar-refractivity contribution in [2.75, 3.05) is 36.4 Å². The second-order valence-electron chi connectivity index (χ2n) is 9.25. The standard InChI is InChI=1S/C26H33N5/c1-18-7-4-9-24(19(18)2)20(3)28-26-25-15-22(11-10-21(25)16-27-29-26)31-12-5-8-23(17-31)30-13-6-14-30/h4,7,9-11,15-16,20,23H,5-6,8,12-14,17H2,1-3H3,(H,28,29)/t20-,23?/m1/s1. The van der Waals surface area contributed by atoms with Crippen LogP contribution in [-0.2, 0) is 0 Å². The smallest absolute Gasteiger partial charge is 0.157 e. The van der Waals surface area contributed by atoms with E-state index in [0.717, 1.165) is 29.7 Å². The van der Waals surface area contributed by atoms with Crippen molar-refractivity contribution in [3.8, 4) is 0 Å². The minimum Gasteiger partial charge on any atom is -0.370 e. The number of rotatable bonds is 5. The lowest BCUT2D eigenvalue weighted by Gasteiger charge is -2.44. The predicted octanol–water partition coefficient (Wildman–Crippen LogP) is 5.09. The first-order valence-electron chi connectivity index (χ1n) is 11.7. The Morgan fingerprint density at radius 3 is 2.74 bits per heavy atom. The van der Waals surface area contributed by atoms with E-state index in [1.54, 1.807) is 0 Å². The number of nitrogens with zero attached hydrogens (tertiary/aromatic N) is 4. The Kier molecular flexibility index (Phi) is 5.53. The van der Waals surface area contributed by atoms with E-state index in [0.29, 0.717) is 6.04 Å². The SMILES string of the molecule is Cc1cccc([C@@H](C)Nc2nncc3ccc(N4CCCC(N5CCC5)C4)cc23)c1C. The van der Waals surface area contributed by atoms with Crippen molar-refractivity contribution < 1.29 is 0 Å². The molecule has 0 bridgehead atoms. The van der Waals surface area contributed by atoms with Gasteiger partial charge in [-0.05, 0) is 81.9 Å². The monoisotopic (exact) mass is 415 g/mol. The van der Waals surface area contributed by atoms with Crippen LogP contribution >= 0.6 is 0 Å². The van der Waals surface area contributed by atoms with Gasteiger partial charge in [0.05, 0.1) is 12.2 Å². The summed E-state index contributed by atoms with van der Waals surface area (Å²) in [7, 11) is 0. The molecule has 3 heterocycles. The maximum absolute atomic E-state index is 4.49. The summed E-state index contributed by atoms with van der Waals surface area (Å²) >= 11 is 0. The maximum atomic E-state index is 4.49. The molecule has 1 N–H and O–H groups in total. The first kappa shape index (κ1) is 20.3. The van der Waals surface area contributed by atoms with Crippen LogP contribution in [0.5, 0.6) is 0 Å². The van der Waals surface area contributed by atoms with Gasteiger partial charge < -0.3 is 10.2 Å². The molecule has 0 amide bonds. The van der Waals surface area contributed by atoms with Gasteiger partial charge in [0.25, 0.3) is 0 Å². The molecule has 5 rings (SSSR count). The number of aromatic nitrogens is 2. The zero-order chi connectivity index (χ0) is 21.4. The number of aryl methyl sites for hydroxylation is 1. The van der Waals surface area contributed by atoms with Crippen LogP contribution in [0.2, 0.25) is 0 Å². The van der Waals surface area contributed by atoms with Gasteiger partial charge >= 0.3 is 0 Å². The van der Waals surface area contributed by atoms with Crippen LogP contribution in [0.15, 0.2) is 42.6 Å². The van der Waals surface area contributed by atoms with E-state index >= 15 is 0 Å². The molecule has 2 atom stereocenters. The third kappa shape index (κ3) is 3.99. The van der Waals surface area contributed by atoms with Crippen molar-refractivity contribution in [1.82, 2.24) is 15.1 Å². The molecule has 0 spiro atoms. The van der Waals surface area contributed by atoms with Crippen molar-refractivity contribution in [3.05, 3.63) is 59.3 Å². The van der Waals surface area contributed by atoms with E-state index in [1.165, 1.54) is 54.7 Å². The number of anilines is 2. The van der Waals surface area contributed by atoms with Crippen molar-refractivity contribution in [2.24, 2.45) is 0 Å². The molecule has 5 nitrogen and oxygen atoms in total. The molecule has 2 aliphatic rings. The number of hydrogen-bond acceptors (Lipinski definition) is 5. The fourth-order valence-corrected chi connectivity index (χ4v) is 5.09. The van der Waals surface area contributed by atoms with Crippen LogP contribution in [0, 0.1) is 13.8 Å². The maximum Gasteiger partial charge on any atom is 0.157 e. The third-order valence-corrected chi connectivity index (χ3v) is 7.28. The van der Waals surface area contributed by atoms with Crippen LogP contribution < -0.4 is 10.2 Å². The summed E-state index contributed by atoms with van der Waals surface area (Å²) in [5, 5.41) is 14.7. The van der Waals surface area contributed by atoms with Gasteiger partial charge in [0.1, 0.15) is 0 Å². The second kappa shape index (κ2) is 8.46. The lowest BCUT2D eigenvalue weighted by Crippen LogP contribution is -2.53. The number of fused-ring (bicyclic) bond motifs is 1. The number of hydrogen-bond donors (Lipinski definition) is 1. The largest absolute Gasteiger partial charge is 0.370 e. The zero-order valence-corrected chi connectivity index (χ0v) is 18.9. The van der Waals surface area contributed by atoms with E-state index in [4.69, 9.17) is 0 Å². The Morgan fingerprint density at radius 1 is 1.06 bits per heavy atom. The molecule has 1 aromatic heterocycles. The predicted molar refractivity (Wildman–Crippen MR) is 129 cm³/mol. The quantitative estimate of drug-likeness (QED) is 0.628. The molecule has 0 aliphatic carbocycles. The van der Waals surface area contributed by atoms with E-state index < -0.39 is 0 Å². The van der Waals surface area contributed by atoms with Gasteiger partial charge in [0, 0.05) is 35.6 Å². The fraction of sp³-hybridized carbons (Fsp3) is 0.462. The first-order valence-corrected chi connectivity index (χ1v) is 11.7. The Hall–Kier alpha value is -2.66. The molecule has 2 aliphatic heterocycles. The molecule has 3 aromatic rings. The average Bonchev–Trinajstić information content (AvgIpc) is 2.74. The summed E-state index contributed by atoms with van der Waals surface area (Å²) in [6.45, 7) is 11.4. The first-order chi connectivity index (χ1) is 15.1. The molecule has 162 valence electrons. The van der Waals surface area contributed by atoms with E-state index in [2.05, 4.69) is 82.5 Å². The molecule has 2 fully saturated rings. The molecular weight excluding hydrogens is 382 g/mol. The van der Waals surface area contributed by atoms with Gasteiger partial charge in [-0.2, -0.15) is 5.10 Å². The molecule has 5 heteroatoms. The highest BCUT2D eigenvalue weighted by molar-refractivity contribution is 5.93. The van der Waals surface area contributed by atoms with Crippen LogP contribution in [0.4, 0.5) is 11.5 Å². The van der Waals surface area contributed by atoms with Crippen molar-refractivity contribution in [2.45, 2.75) is 52.1 Å². The van der Waals surface area contributed by atoms with Crippen LogP contribution in [-0.4, -0.2) is 47.3 Å². The number of benzene rings is 2. The Bertz CT molecular complexity index is 1070. The molecule has 2 aromatic carbocycles. The van der Waals surface area contributed by atoms with E-state index in [9.17, 15) is 0 Å². The Balaban J connectivity index is 1.42. The summed E-state index contributed by atoms with van der Waals surface area (Å²) in [6.07, 6.45) is 5.82. The summed E-state index contributed by atoms with van der Waals surface area (Å²) in [5.41, 5.74) is 5.26. The topological polar surface area (TPSA) is 44.3 Å². The zero-order valence-electron chi connectivity index (χ0n) is 18.9. The molecule has 1 unspecified atom stereocenters. The van der Waals surface area contributed by atoms with Crippen molar-refractivity contribution in [1.29, 1.82) is 0 Å². The second-order valence-corrected chi connectivity index (χ2v) is 9.25. The van der Waals surface area contributed by atoms with Crippen LogP contribution in [0.1, 0.15) is 48.9 Å². The van der Waals surface area contributed by atoms with E-state index in [1.807, 2.05) is 6.20 Å². The van der Waals surface area contributed by atoms with Gasteiger partial charge in [-0.25, -0.2) is 0 Å². The lowest BCUT2D eigenvalue weighted by atomic mass is 9.98. The third-order valence-electron chi connectivity index (χ3n) is 7.28. The number of nitrogens with one attached hydrogen (secondary N) is 1. The van der Waals surface area contributed by atoms with Crippen molar-refractivity contribution in [3.63, 3.8) is 0 Å². The van der Waals surface area contributed by atoms with Gasteiger partial charge in [0.15, 0.2) is 5.82 Å². The highest BCUT2D eigenvalue weighted by Gasteiger charge is 2.28. The fourth-order valence-electron chi connectivity index (χ4n) is 5.09. The molecule has 0 radical (unpaired) electrons. The number of piperidine rings is 1. The van der Waals surface area contributed by atoms with Crippen molar-refractivity contribution >= 4 is 22.3 Å². The van der Waals surface area contributed by atoms with Crippen LogP contribution in [0.25, 0.3) is 10.8 Å². The molecule has 2 saturated heterocycles. The van der Waals surface area contributed by atoms with Gasteiger partial charge in [-0.1, -0.05) is 24.3 Å². The highest BCUT2D eigenvalue weighted by Crippen LogP contribution is 2.31. The van der Waals surface area contributed by atoms with Gasteiger partial charge in [-0.15, -0.1) is 5.10 Å². The molecule has 0 saturated carbocycles. The highest BCUT2D eigenvalue weighted by atomic mass is 15.3. The summed E-state index contributed by atoms with van der Waals surface area (Å²) in [4.78, 5) is 5.21.